The van der Waals surface area contributed by atoms with Crippen LogP contribution in [-0.2, 0) is 32.4 Å². The molecule has 0 bridgehead atoms. The first-order chi connectivity index (χ1) is 28.8. The summed E-state index contributed by atoms with van der Waals surface area (Å²) in [7, 11) is -9.48. The van der Waals surface area contributed by atoms with E-state index < -0.39 is 63.6 Å². The van der Waals surface area contributed by atoms with Gasteiger partial charge in [0, 0.05) is 65.1 Å². The lowest BCUT2D eigenvalue weighted by Gasteiger charge is -2.25. The molecule has 0 aliphatic rings. The van der Waals surface area contributed by atoms with E-state index in [1.807, 2.05) is 4.90 Å². The molecule has 3 atom stereocenters. The Morgan fingerprint density at radius 2 is 0.459 bits per heavy atom. The standard InChI is InChI=1S/C45H24F9NO3S3/c46-43(47,48)59(56)40-25-13-34(14-26-40)4-1-31-7-19-37(20-8-31)55(38-21-9-32(10-22-38)2-5-35-15-27-41(28-16-35)60(57)44(49,50)51)39-23-11-33(12-24-39)3-6-36-17-29-42(30-18-36)61(58)45(52,53)54/h7-30H. The highest BCUT2D eigenvalue weighted by Gasteiger charge is 2.39. The van der Waals surface area contributed by atoms with E-state index in [2.05, 4.69) is 35.5 Å². The lowest BCUT2D eigenvalue weighted by atomic mass is 10.1. The fourth-order valence-electron chi connectivity index (χ4n) is 5.35. The summed E-state index contributed by atoms with van der Waals surface area (Å²) in [5.74, 6) is 17.5. The van der Waals surface area contributed by atoms with Crippen molar-refractivity contribution in [3.05, 3.63) is 179 Å². The van der Waals surface area contributed by atoms with Crippen LogP contribution in [0.4, 0.5) is 56.6 Å². The number of anilines is 3. The predicted molar refractivity (Wildman–Crippen MR) is 216 cm³/mol. The number of benzene rings is 6. The summed E-state index contributed by atoms with van der Waals surface area (Å²) in [6.45, 7) is 0. The summed E-state index contributed by atoms with van der Waals surface area (Å²) in [6.07, 6.45) is 0. The van der Waals surface area contributed by atoms with E-state index in [9.17, 15) is 52.1 Å². The van der Waals surface area contributed by atoms with Crippen molar-refractivity contribution in [3.63, 3.8) is 0 Å². The van der Waals surface area contributed by atoms with Crippen molar-refractivity contribution < 1.29 is 52.1 Å². The molecule has 0 aliphatic carbocycles. The van der Waals surface area contributed by atoms with E-state index in [1.165, 1.54) is 36.4 Å². The predicted octanol–water partition coefficient (Wildman–Crippen LogP) is 11.2. The van der Waals surface area contributed by atoms with Gasteiger partial charge in [-0.25, -0.2) is 12.6 Å². The Kier molecular flexibility index (Phi) is 13.4. The summed E-state index contributed by atoms with van der Waals surface area (Å²) >= 11 is 0. The topological polar surface area (TPSA) is 54.5 Å². The Labute approximate surface area is 350 Å². The van der Waals surface area contributed by atoms with Crippen LogP contribution in [0.2, 0.25) is 0 Å². The van der Waals surface area contributed by atoms with Gasteiger partial charge in [0.25, 0.3) is 0 Å². The minimum Gasteiger partial charge on any atom is -0.311 e. The van der Waals surface area contributed by atoms with E-state index in [1.54, 1.807) is 72.8 Å². The first-order valence-electron chi connectivity index (χ1n) is 17.3. The molecule has 3 unspecified atom stereocenters. The van der Waals surface area contributed by atoms with Gasteiger partial charge in [-0.2, -0.15) is 39.5 Å². The molecule has 61 heavy (non-hydrogen) atoms. The van der Waals surface area contributed by atoms with E-state index in [0.29, 0.717) is 50.4 Å². The minimum absolute atomic E-state index is 0.391. The molecule has 6 aromatic rings. The molecule has 0 fully saturated rings. The SMILES string of the molecule is O=S(c1ccc(C#Cc2ccc(N(c3ccc(C#Cc4ccc(S(=O)C(F)(F)F)cc4)cc3)c3ccc(C#Cc4ccc(S(=O)C(F)(F)F)cc4)cc3)cc2)cc1)C(F)(F)F. The number of alkyl halides is 9. The Bertz CT molecular complexity index is 2480. The second-order valence-electron chi connectivity index (χ2n) is 12.4. The van der Waals surface area contributed by atoms with Gasteiger partial charge in [-0.05, 0) is 146 Å². The largest absolute Gasteiger partial charge is 0.475 e. The first-order valence-corrected chi connectivity index (χ1v) is 20.7. The monoisotopic (exact) mass is 893 g/mol. The molecule has 0 spiro atoms. The van der Waals surface area contributed by atoms with Crippen molar-refractivity contribution in [2.75, 3.05) is 4.90 Å². The fraction of sp³-hybridized carbons (Fsp3) is 0.0667. The van der Waals surface area contributed by atoms with E-state index in [-0.39, 0.29) is 0 Å². The van der Waals surface area contributed by atoms with Gasteiger partial charge in [0.05, 0.1) is 0 Å². The van der Waals surface area contributed by atoms with Crippen LogP contribution in [-0.4, -0.2) is 29.2 Å². The van der Waals surface area contributed by atoms with Gasteiger partial charge in [0.2, 0.25) is 0 Å². The molecule has 308 valence electrons. The lowest BCUT2D eigenvalue weighted by Crippen LogP contribution is -2.16. The number of rotatable bonds is 6. The Morgan fingerprint density at radius 3 is 0.623 bits per heavy atom. The van der Waals surface area contributed by atoms with Crippen LogP contribution < -0.4 is 4.90 Å². The maximum absolute atomic E-state index is 12.8. The van der Waals surface area contributed by atoms with Crippen molar-refractivity contribution in [3.8, 4) is 35.5 Å². The lowest BCUT2D eigenvalue weighted by molar-refractivity contribution is -0.0392. The molecule has 6 aromatic carbocycles. The molecular weight excluding hydrogens is 870 g/mol. The molecule has 0 N–H and O–H groups in total. The molecule has 0 saturated heterocycles. The van der Waals surface area contributed by atoms with Gasteiger partial charge in [0.1, 0.15) is 0 Å². The van der Waals surface area contributed by atoms with Gasteiger partial charge in [-0.3, -0.25) is 0 Å². The third kappa shape index (κ3) is 11.7. The molecule has 16 heteroatoms. The summed E-state index contributed by atoms with van der Waals surface area (Å²) < 4.78 is 150. The van der Waals surface area contributed by atoms with Crippen LogP contribution in [0.25, 0.3) is 0 Å². The van der Waals surface area contributed by atoms with Crippen LogP contribution in [0, 0.1) is 35.5 Å². The van der Waals surface area contributed by atoms with Crippen LogP contribution in [0.1, 0.15) is 33.4 Å². The summed E-state index contributed by atoms with van der Waals surface area (Å²) in [4.78, 5) is 0.733. The molecular formula is C45H24F9NO3S3. The average molecular weight is 894 g/mol. The number of nitrogens with zero attached hydrogens (tertiary/aromatic N) is 1. The van der Waals surface area contributed by atoms with Crippen LogP contribution in [0.5, 0.6) is 0 Å². The number of halogens is 9. The van der Waals surface area contributed by atoms with Crippen LogP contribution in [0.3, 0.4) is 0 Å². The van der Waals surface area contributed by atoms with Gasteiger partial charge < -0.3 is 4.90 Å². The summed E-state index contributed by atoms with van der Waals surface area (Å²) in [5.41, 5.74) is -9.61. The van der Waals surface area contributed by atoms with Crippen molar-refractivity contribution in [1.29, 1.82) is 0 Å². The fourth-order valence-corrected chi connectivity index (χ4v) is 7.30. The van der Waals surface area contributed by atoms with E-state index in [4.69, 9.17) is 0 Å². The molecule has 0 aromatic heterocycles. The molecule has 0 radical (unpaired) electrons. The second-order valence-corrected chi connectivity index (χ2v) is 16.9. The normalized spacial score (nSPS) is 12.9. The van der Waals surface area contributed by atoms with E-state index in [0.717, 1.165) is 36.4 Å². The van der Waals surface area contributed by atoms with Crippen LogP contribution in [0.15, 0.2) is 160 Å². The second kappa shape index (κ2) is 18.5. The van der Waals surface area contributed by atoms with Gasteiger partial charge in [-0.15, -0.1) is 0 Å². The van der Waals surface area contributed by atoms with Crippen molar-refractivity contribution in [1.82, 2.24) is 0 Å². The van der Waals surface area contributed by atoms with E-state index >= 15 is 0 Å². The summed E-state index contributed by atoms with van der Waals surface area (Å²) in [5, 5.41) is 0. The third-order valence-corrected chi connectivity index (χ3v) is 11.6. The number of hydrogen-bond donors (Lipinski definition) is 0. The number of hydrogen-bond acceptors (Lipinski definition) is 4. The average Bonchev–Trinajstić information content (AvgIpc) is 3.24. The van der Waals surface area contributed by atoms with Crippen molar-refractivity contribution in [2.24, 2.45) is 0 Å². The van der Waals surface area contributed by atoms with Gasteiger partial charge >= 0.3 is 16.5 Å². The maximum atomic E-state index is 12.8. The van der Waals surface area contributed by atoms with Crippen molar-refractivity contribution >= 4 is 49.5 Å². The smallest absolute Gasteiger partial charge is 0.311 e. The van der Waals surface area contributed by atoms with Gasteiger partial charge in [-0.1, -0.05) is 35.5 Å². The quantitative estimate of drug-likeness (QED) is 0.123. The highest BCUT2D eigenvalue weighted by Crippen LogP contribution is 2.35. The highest BCUT2D eigenvalue weighted by molar-refractivity contribution is 7.86. The zero-order valence-electron chi connectivity index (χ0n) is 30.7. The Balaban J connectivity index is 1.25. The highest BCUT2D eigenvalue weighted by atomic mass is 32.2. The Morgan fingerprint density at radius 1 is 0.295 bits per heavy atom. The molecule has 0 aliphatic heterocycles. The Hall–Kier alpha value is -6.38. The first kappa shape index (κ1) is 44.2. The van der Waals surface area contributed by atoms with Crippen molar-refractivity contribution in [2.45, 2.75) is 31.2 Å². The molecule has 0 amide bonds. The zero-order chi connectivity index (χ0) is 44.0. The summed E-state index contributed by atoms with van der Waals surface area (Å²) in [6, 6.07) is 36.0. The maximum Gasteiger partial charge on any atom is 0.475 e. The van der Waals surface area contributed by atoms with Gasteiger partial charge in [0.15, 0.2) is 32.4 Å². The molecule has 4 nitrogen and oxygen atoms in total. The third-order valence-electron chi connectivity index (χ3n) is 8.27. The molecule has 0 saturated carbocycles. The van der Waals surface area contributed by atoms with Crippen LogP contribution >= 0.6 is 0 Å². The molecule has 0 heterocycles. The zero-order valence-corrected chi connectivity index (χ0v) is 33.1. The molecule has 6 rings (SSSR count). The minimum atomic E-state index is -4.88.